The zero-order valence-corrected chi connectivity index (χ0v) is 15.4. The van der Waals surface area contributed by atoms with Crippen LogP contribution in [-0.4, -0.2) is 23.9 Å². The minimum absolute atomic E-state index is 0.0465. The van der Waals surface area contributed by atoms with Gasteiger partial charge in [0.1, 0.15) is 28.0 Å². The second-order valence-electron chi connectivity index (χ2n) is 5.54. The van der Waals surface area contributed by atoms with Crippen molar-refractivity contribution in [3.63, 3.8) is 0 Å². The van der Waals surface area contributed by atoms with Crippen LogP contribution in [0, 0.1) is 18.6 Å². The van der Waals surface area contributed by atoms with Crippen LogP contribution in [0.2, 0.25) is 5.02 Å². The van der Waals surface area contributed by atoms with Gasteiger partial charge in [-0.2, -0.15) is 0 Å². The van der Waals surface area contributed by atoms with Crippen molar-refractivity contribution in [3.05, 3.63) is 76.8 Å². The molecule has 0 spiro atoms. The number of aryl methyl sites for hydroxylation is 1. The summed E-state index contributed by atoms with van der Waals surface area (Å²) in [5.74, 6) is -2.37. The third-order valence-electron chi connectivity index (χ3n) is 3.59. The van der Waals surface area contributed by atoms with Gasteiger partial charge in [0.2, 0.25) is 0 Å². The molecule has 0 aliphatic heterocycles. The Morgan fingerprint density at radius 1 is 1.15 bits per heavy atom. The van der Waals surface area contributed by atoms with Gasteiger partial charge in [0.25, 0.3) is 15.9 Å². The van der Waals surface area contributed by atoms with Gasteiger partial charge < -0.3 is 4.57 Å². The van der Waals surface area contributed by atoms with E-state index in [1.807, 2.05) is 4.72 Å². The lowest BCUT2D eigenvalue weighted by Crippen LogP contribution is -2.31. The Morgan fingerprint density at radius 2 is 1.78 bits per heavy atom. The van der Waals surface area contributed by atoms with Crippen molar-refractivity contribution in [2.75, 3.05) is 0 Å². The normalized spacial score (nSPS) is 11.4. The number of rotatable bonds is 4. The summed E-state index contributed by atoms with van der Waals surface area (Å²) in [6.07, 6.45) is 1.18. The van der Waals surface area contributed by atoms with E-state index in [-0.39, 0.29) is 27.1 Å². The molecule has 0 radical (unpaired) electrons. The van der Waals surface area contributed by atoms with Crippen molar-refractivity contribution >= 4 is 27.5 Å². The molecule has 140 valence electrons. The molecule has 0 aliphatic carbocycles. The van der Waals surface area contributed by atoms with Gasteiger partial charge in [-0.3, -0.25) is 4.79 Å². The van der Waals surface area contributed by atoms with Crippen LogP contribution in [0.4, 0.5) is 8.78 Å². The fourth-order valence-electron chi connectivity index (χ4n) is 2.41. The van der Waals surface area contributed by atoms with Crippen LogP contribution in [0.25, 0.3) is 5.69 Å². The Labute approximate surface area is 158 Å². The lowest BCUT2D eigenvalue weighted by atomic mass is 10.3. The van der Waals surface area contributed by atoms with Crippen LogP contribution >= 0.6 is 11.6 Å². The number of amides is 1. The molecule has 1 N–H and O–H groups in total. The predicted octanol–water partition coefficient (Wildman–Crippen LogP) is 3.23. The Hall–Kier alpha value is -2.78. The second kappa shape index (κ2) is 7.09. The molecule has 1 aromatic heterocycles. The minimum Gasteiger partial charge on any atom is -0.303 e. The molecule has 0 aliphatic rings. The largest absolute Gasteiger partial charge is 0.303 e. The molecule has 1 heterocycles. The number of benzene rings is 2. The highest BCUT2D eigenvalue weighted by molar-refractivity contribution is 7.90. The van der Waals surface area contributed by atoms with Gasteiger partial charge in [-0.05, 0) is 31.2 Å². The third-order valence-corrected chi connectivity index (χ3v) is 5.42. The van der Waals surface area contributed by atoms with E-state index in [0.29, 0.717) is 6.07 Å². The Balaban J connectivity index is 1.92. The highest BCUT2D eigenvalue weighted by Gasteiger charge is 2.23. The van der Waals surface area contributed by atoms with Crippen molar-refractivity contribution < 1.29 is 22.0 Å². The molecule has 10 heteroatoms. The average Bonchev–Trinajstić information content (AvgIpc) is 2.96. The van der Waals surface area contributed by atoms with E-state index in [9.17, 15) is 22.0 Å². The molecule has 0 saturated heterocycles. The number of nitrogens with zero attached hydrogens (tertiary/aromatic N) is 2. The van der Waals surface area contributed by atoms with E-state index in [1.54, 1.807) is 6.07 Å². The number of carbonyl (C=O) groups is 1. The maximum absolute atomic E-state index is 13.4. The lowest BCUT2D eigenvalue weighted by molar-refractivity contribution is 0.0977. The van der Waals surface area contributed by atoms with Crippen molar-refractivity contribution in [3.8, 4) is 5.69 Å². The first-order chi connectivity index (χ1) is 12.7. The zero-order chi connectivity index (χ0) is 19.8. The van der Waals surface area contributed by atoms with Crippen LogP contribution in [0.15, 0.2) is 53.6 Å². The van der Waals surface area contributed by atoms with Crippen LogP contribution < -0.4 is 4.72 Å². The maximum atomic E-state index is 13.4. The summed E-state index contributed by atoms with van der Waals surface area (Å²) in [6, 6.07) is 8.45. The van der Waals surface area contributed by atoms with E-state index < -0.39 is 27.6 Å². The molecule has 2 aromatic carbocycles. The summed E-state index contributed by atoms with van der Waals surface area (Å²) in [5.41, 5.74) is -0.140. The van der Waals surface area contributed by atoms with E-state index in [1.165, 1.54) is 35.9 Å². The van der Waals surface area contributed by atoms with Crippen molar-refractivity contribution in [1.82, 2.24) is 14.3 Å². The number of hydrogen-bond acceptors (Lipinski definition) is 4. The smallest absolute Gasteiger partial charge is 0.285 e. The molecular weight excluding hydrogens is 400 g/mol. The minimum atomic E-state index is -4.22. The van der Waals surface area contributed by atoms with Crippen molar-refractivity contribution in [2.24, 2.45) is 0 Å². The van der Waals surface area contributed by atoms with Gasteiger partial charge in [-0.1, -0.05) is 23.7 Å². The highest BCUT2D eigenvalue weighted by atomic mass is 35.5. The summed E-state index contributed by atoms with van der Waals surface area (Å²) >= 11 is 5.86. The summed E-state index contributed by atoms with van der Waals surface area (Å²) in [5, 5.41) is -0.0465. The number of sulfonamides is 1. The number of nitrogens with one attached hydrogen (secondary N) is 1. The SMILES string of the molecule is Cc1nc(C(=O)NS(=O)(=O)c2ccccc2Cl)cn1-c1cc(F)cc(F)c1. The standard InChI is InChI=1S/C17H12ClF2N3O3S/c1-10-21-15(9-23(10)13-7-11(19)6-12(20)8-13)17(24)22-27(25,26)16-5-3-2-4-14(16)18/h2-9H,1H3,(H,22,24). The van der Waals surface area contributed by atoms with Crippen LogP contribution in [0.1, 0.15) is 16.3 Å². The van der Waals surface area contributed by atoms with Gasteiger partial charge in [0, 0.05) is 12.3 Å². The van der Waals surface area contributed by atoms with Gasteiger partial charge >= 0.3 is 0 Å². The molecular formula is C17H12ClF2N3O3S. The van der Waals surface area contributed by atoms with E-state index in [4.69, 9.17) is 11.6 Å². The first-order valence-corrected chi connectivity index (χ1v) is 9.37. The van der Waals surface area contributed by atoms with Gasteiger partial charge in [-0.15, -0.1) is 0 Å². The number of carbonyl (C=O) groups excluding carboxylic acids is 1. The summed E-state index contributed by atoms with van der Waals surface area (Å²) in [7, 11) is -4.22. The fourth-order valence-corrected chi connectivity index (χ4v) is 3.90. The molecule has 27 heavy (non-hydrogen) atoms. The van der Waals surface area contributed by atoms with Gasteiger partial charge in [0.15, 0.2) is 0 Å². The summed E-state index contributed by atoms with van der Waals surface area (Å²) in [6.45, 7) is 1.50. The third kappa shape index (κ3) is 3.99. The molecule has 0 bridgehead atoms. The van der Waals surface area contributed by atoms with Crippen molar-refractivity contribution in [1.29, 1.82) is 0 Å². The van der Waals surface area contributed by atoms with E-state index >= 15 is 0 Å². The van der Waals surface area contributed by atoms with Crippen molar-refractivity contribution in [2.45, 2.75) is 11.8 Å². The molecule has 0 atom stereocenters. The van der Waals surface area contributed by atoms with Crippen LogP contribution in [0.3, 0.4) is 0 Å². The molecule has 0 fully saturated rings. The number of hydrogen-bond donors (Lipinski definition) is 1. The topological polar surface area (TPSA) is 81.1 Å². The Kier molecular flexibility index (Phi) is 4.99. The van der Waals surface area contributed by atoms with Gasteiger partial charge in [0.05, 0.1) is 10.7 Å². The lowest BCUT2D eigenvalue weighted by Gasteiger charge is -2.07. The average molecular weight is 412 g/mol. The Bertz CT molecular complexity index is 1130. The number of halogens is 3. The number of imidazole rings is 1. The molecule has 1 amide bonds. The fraction of sp³-hybridized carbons (Fsp3) is 0.0588. The van der Waals surface area contributed by atoms with E-state index in [0.717, 1.165) is 12.1 Å². The molecule has 3 aromatic rings. The highest BCUT2D eigenvalue weighted by Crippen LogP contribution is 2.21. The molecule has 3 rings (SSSR count). The van der Waals surface area contributed by atoms with Crippen LogP contribution in [-0.2, 0) is 10.0 Å². The van der Waals surface area contributed by atoms with Crippen LogP contribution in [0.5, 0.6) is 0 Å². The first-order valence-electron chi connectivity index (χ1n) is 7.51. The molecule has 0 saturated carbocycles. The molecule has 0 unspecified atom stereocenters. The zero-order valence-electron chi connectivity index (χ0n) is 13.8. The van der Waals surface area contributed by atoms with E-state index in [2.05, 4.69) is 4.98 Å². The van der Waals surface area contributed by atoms with Gasteiger partial charge in [-0.25, -0.2) is 26.9 Å². The summed E-state index contributed by atoms with van der Waals surface area (Å²) in [4.78, 5) is 16.0. The monoisotopic (exact) mass is 411 g/mol. The molecule has 6 nitrogen and oxygen atoms in total. The number of aromatic nitrogens is 2. The first kappa shape index (κ1) is 19.0. The Morgan fingerprint density at radius 3 is 2.41 bits per heavy atom. The quantitative estimate of drug-likeness (QED) is 0.714. The second-order valence-corrected chi connectivity index (χ2v) is 7.59. The summed E-state index contributed by atoms with van der Waals surface area (Å²) < 4.78 is 54.6. The predicted molar refractivity (Wildman–Crippen MR) is 94.3 cm³/mol. The maximum Gasteiger partial charge on any atom is 0.285 e.